The predicted octanol–water partition coefficient (Wildman–Crippen LogP) is 1.58. The van der Waals surface area contributed by atoms with E-state index in [1.807, 2.05) is 26.0 Å². The van der Waals surface area contributed by atoms with Gasteiger partial charge in [0, 0.05) is 6.54 Å². The Bertz CT molecular complexity index is 534. The molecule has 0 amide bonds. The second kappa shape index (κ2) is 6.03. The Morgan fingerprint density at radius 1 is 1.37 bits per heavy atom. The van der Waals surface area contributed by atoms with Gasteiger partial charge in [0.25, 0.3) is 0 Å². The van der Waals surface area contributed by atoms with E-state index < -0.39 is 10.0 Å². The summed E-state index contributed by atoms with van der Waals surface area (Å²) in [5.41, 5.74) is 1.76. The summed E-state index contributed by atoms with van der Waals surface area (Å²) in [4.78, 5) is 0.400. The first-order valence-corrected chi connectivity index (χ1v) is 8.25. The second-order valence-corrected chi connectivity index (χ2v) is 7.05. The minimum absolute atomic E-state index is 0.400. The summed E-state index contributed by atoms with van der Waals surface area (Å²) in [6.07, 6.45) is 2.04. The molecule has 106 valence electrons. The van der Waals surface area contributed by atoms with Gasteiger partial charge in [-0.1, -0.05) is 12.1 Å². The number of nitrogens with one attached hydrogen (secondary N) is 2. The lowest BCUT2D eigenvalue weighted by atomic mass is 10.1. The number of hydrogen-bond donors (Lipinski definition) is 2. The molecule has 1 aromatic carbocycles. The van der Waals surface area contributed by atoms with Crippen LogP contribution in [0, 0.1) is 19.8 Å². The Kier molecular flexibility index (Phi) is 4.60. The molecule has 2 rings (SSSR count). The fourth-order valence-corrected chi connectivity index (χ4v) is 3.81. The highest BCUT2D eigenvalue weighted by atomic mass is 32.2. The van der Waals surface area contributed by atoms with Crippen LogP contribution in [-0.4, -0.2) is 28.1 Å². The second-order valence-electron chi connectivity index (χ2n) is 5.31. The molecule has 1 aliphatic heterocycles. The molecule has 0 aromatic heterocycles. The molecule has 0 aliphatic carbocycles. The van der Waals surface area contributed by atoms with Crippen LogP contribution in [0.25, 0.3) is 0 Å². The van der Waals surface area contributed by atoms with E-state index in [4.69, 9.17) is 0 Å². The van der Waals surface area contributed by atoms with Crippen molar-refractivity contribution in [1.29, 1.82) is 0 Å². The van der Waals surface area contributed by atoms with Crippen LogP contribution in [0.3, 0.4) is 0 Å². The third kappa shape index (κ3) is 3.78. The molecule has 1 aromatic rings. The van der Waals surface area contributed by atoms with E-state index in [0.717, 1.165) is 37.1 Å². The van der Waals surface area contributed by atoms with Gasteiger partial charge in [-0.25, -0.2) is 13.1 Å². The normalized spacial score (nSPS) is 19.8. The van der Waals surface area contributed by atoms with E-state index in [-0.39, 0.29) is 0 Å². The van der Waals surface area contributed by atoms with Crippen LogP contribution in [-0.2, 0) is 10.0 Å². The van der Waals surface area contributed by atoms with Gasteiger partial charge in [-0.15, -0.1) is 0 Å². The topological polar surface area (TPSA) is 58.2 Å². The quantitative estimate of drug-likeness (QED) is 0.862. The summed E-state index contributed by atoms with van der Waals surface area (Å²) >= 11 is 0. The maximum absolute atomic E-state index is 12.3. The summed E-state index contributed by atoms with van der Waals surface area (Å²) in [6, 6.07) is 5.51. The van der Waals surface area contributed by atoms with Crippen molar-refractivity contribution in [3.05, 3.63) is 29.3 Å². The van der Waals surface area contributed by atoms with Gasteiger partial charge in [0.15, 0.2) is 0 Å². The van der Waals surface area contributed by atoms with E-state index in [2.05, 4.69) is 10.0 Å². The standard InChI is InChI=1S/C14H22N2O2S/c1-11-3-4-12(2)14(9-11)19(17,18)16-8-6-13-5-7-15-10-13/h3-4,9,13,15-16H,5-8,10H2,1-2H3/t13-/m1/s1. The number of aryl methyl sites for hydroxylation is 2. The SMILES string of the molecule is Cc1ccc(C)c(S(=O)(=O)NCC[C@H]2CCNC2)c1. The number of benzene rings is 1. The maximum atomic E-state index is 12.3. The lowest BCUT2D eigenvalue weighted by molar-refractivity contribution is 0.519. The zero-order valence-electron chi connectivity index (χ0n) is 11.6. The zero-order valence-corrected chi connectivity index (χ0v) is 12.4. The molecular weight excluding hydrogens is 260 g/mol. The van der Waals surface area contributed by atoms with Crippen LogP contribution in [0.5, 0.6) is 0 Å². The first-order valence-electron chi connectivity index (χ1n) is 6.77. The van der Waals surface area contributed by atoms with Crippen molar-refractivity contribution in [1.82, 2.24) is 10.0 Å². The molecule has 19 heavy (non-hydrogen) atoms. The fourth-order valence-electron chi connectivity index (χ4n) is 2.43. The molecular formula is C14H22N2O2S. The van der Waals surface area contributed by atoms with Crippen LogP contribution < -0.4 is 10.0 Å². The molecule has 0 unspecified atom stereocenters. The summed E-state index contributed by atoms with van der Waals surface area (Å²) in [5.74, 6) is 0.598. The highest BCUT2D eigenvalue weighted by molar-refractivity contribution is 7.89. The van der Waals surface area contributed by atoms with Gasteiger partial charge in [-0.3, -0.25) is 0 Å². The maximum Gasteiger partial charge on any atom is 0.240 e. The summed E-state index contributed by atoms with van der Waals surface area (Å²) < 4.78 is 27.2. The van der Waals surface area contributed by atoms with Crippen molar-refractivity contribution >= 4 is 10.0 Å². The van der Waals surface area contributed by atoms with Crippen LogP contribution in [0.4, 0.5) is 0 Å². The minimum atomic E-state index is -3.38. The van der Waals surface area contributed by atoms with Gasteiger partial charge in [-0.2, -0.15) is 0 Å². The Balaban J connectivity index is 1.99. The third-order valence-corrected chi connectivity index (χ3v) is 5.24. The van der Waals surface area contributed by atoms with Crippen LogP contribution in [0.2, 0.25) is 0 Å². The van der Waals surface area contributed by atoms with Gasteiger partial charge in [0.2, 0.25) is 10.0 Å². The van der Waals surface area contributed by atoms with Crippen molar-refractivity contribution in [2.45, 2.75) is 31.6 Å². The van der Waals surface area contributed by atoms with E-state index in [1.165, 1.54) is 0 Å². The molecule has 0 saturated carbocycles. The average Bonchev–Trinajstić information content (AvgIpc) is 2.85. The fraction of sp³-hybridized carbons (Fsp3) is 0.571. The zero-order chi connectivity index (χ0) is 13.9. The number of rotatable bonds is 5. The first-order chi connectivity index (χ1) is 8.99. The van der Waals surface area contributed by atoms with Crippen LogP contribution in [0.15, 0.2) is 23.1 Å². The lowest BCUT2D eigenvalue weighted by Gasteiger charge is -2.12. The average molecular weight is 282 g/mol. The first kappa shape index (κ1) is 14.5. The van der Waals surface area contributed by atoms with E-state index in [0.29, 0.717) is 17.4 Å². The van der Waals surface area contributed by atoms with E-state index >= 15 is 0 Å². The van der Waals surface area contributed by atoms with Crippen molar-refractivity contribution in [2.24, 2.45) is 5.92 Å². The molecule has 1 heterocycles. The van der Waals surface area contributed by atoms with Crippen molar-refractivity contribution in [2.75, 3.05) is 19.6 Å². The summed E-state index contributed by atoms with van der Waals surface area (Å²) in [6.45, 7) is 6.30. The highest BCUT2D eigenvalue weighted by Gasteiger charge is 2.18. The van der Waals surface area contributed by atoms with E-state index in [1.54, 1.807) is 6.07 Å². The smallest absolute Gasteiger partial charge is 0.240 e. The van der Waals surface area contributed by atoms with Crippen molar-refractivity contribution in [3.8, 4) is 0 Å². The predicted molar refractivity (Wildman–Crippen MR) is 76.7 cm³/mol. The summed E-state index contributed by atoms with van der Waals surface area (Å²) in [5, 5.41) is 3.29. The number of hydrogen-bond acceptors (Lipinski definition) is 3. The van der Waals surface area contributed by atoms with Crippen LogP contribution in [0.1, 0.15) is 24.0 Å². The molecule has 0 bridgehead atoms. The van der Waals surface area contributed by atoms with Gasteiger partial charge in [-0.05, 0) is 62.9 Å². The molecule has 1 aliphatic rings. The molecule has 2 N–H and O–H groups in total. The molecule has 0 radical (unpaired) electrons. The van der Waals surface area contributed by atoms with Crippen molar-refractivity contribution < 1.29 is 8.42 Å². The number of sulfonamides is 1. The Hall–Kier alpha value is -0.910. The Morgan fingerprint density at radius 3 is 2.84 bits per heavy atom. The summed E-state index contributed by atoms with van der Waals surface area (Å²) in [7, 11) is -3.38. The molecule has 1 atom stereocenters. The third-order valence-electron chi connectivity index (χ3n) is 3.64. The Morgan fingerprint density at radius 2 is 2.16 bits per heavy atom. The molecule has 0 spiro atoms. The van der Waals surface area contributed by atoms with Gasteiger partial charge >= 0.3 is 0 Å². The largest absolute Gasteiger partial charge is 0.316 e. The van der Waals surface area contributed by atoms with E-state index in [9.17, 15) is 8.42 Å². The molecule has 1 saturated heterocycles. The highest BCUT2D eigenvalue weighted by Crippen LogP contribution is 2.17. The van der Waals surface area contributed by atoms with Gasteiger partial charge in [0.05, 0.1) is 4.90 Å². The van der Waals surface area contributed by atoms with Crippen LogP contribution >= 0.6 is 0 Å². The van der Waals surface area contributed by atoms with Gasteiger partial charge in [0.1, 0.15) is 0 Å². The molecule has 5 heteroatoms. The minimum Gasteiger partial charge on any atom is -0.316 e. The Labute approximate surface area is 115 Å². The molecule has 4 nitrogen and oxygen atoms in total. The lowest BCUT2D eigenvalue weighted by Crippen LogP contribution is -2.27. The van der Waals surface area contributed by atoms with Crippen molar-refractivity contribution in [3.63, 3.8) is 0 Å². The molecule has 1 fully saturated rings. The monoisotopic (exact) mass is 282 g/mol. The van der Waals surface area contributed by atoms with Gasteiger partial charge < -0.3 is 5.32 Å².